The maximum absolute atomic E-state index is 13.3. The first-order valence-electron chi connectivity index (χ1n) is 5.60. The zero-order valence-corrected chi connectivity index (χ0v) is 11.0. The normalized spacial score (nSPS) is 10.9. The molecule has 2 aromatic rings. The minimum Gasteiger partial charge on any atom is -0.392 e. The molecule has 0 aliphatic carbocycles. The molecule has 96 valence electrons. The van der Waals surface area contributed by atoms with Crippen LogP contribution in [0.4, 0.5) is 4.39 Å². The Labute approximate surface area is 110 Å². The van der Waals surface area contributed by atoms with Crippen molar-refractivity contribution in [1.82, 2.24) is 9.78 Å². The van der Waals surface area contributed by atoms with Gasteiger partial charge in [-0.3, -0.25) is 4.68 Å². The summed E-state index contributed by atoms with van der Waals surface area (Å²) in [6.07, 6.45) is 0. The summed E-state index contributed by atoms with van der Waals surface area (Å²) in [5.74, 6) is -0.432. The number of nitrogens with zero attached hydrogens (tertiary/aromatic N) is 2. The Morgan fingerprint density at radius 2 is 2.11 bits per heavy atom. The number of benzene rings is 1. The molecule has 1 heterocycles. The molecule has 0 fully saturated rings. The monoisotopic (exact) mass is 268 g/mol. The van der Waals surface area contributed by atoms with Crippen LogP contribution >= 0.6 is 11.6 Å². The molecule has 0 unspecified atom stereocenters. The first-order chi connectivity index (χ1) is 8.52. The van der Waals surface area contributed by atoms with Gasteiger partial charge in [-0.2, -0.15) is 5.10 Å². The van der Waals surface area contributed by atoms with Crippen molar-refractivity contribution in [3.63, 3.8) is 0 Å². The fourth-order valence-corrected chi connectivity index (χ4v) is 2.05. The van der Waals surface area contributed by atoms with Gasteiger partial charge in [-0.1, -0.05) is 17.7 Å². The van der Waals surface area contributed by atoms with Crippen LogP contribution in [0.3, 0.4) is 0 Å². The van der Waals surface area contributed by atoms with Crippen LogP contribution < -0.4 is 0 Å². The van der Waals surface area contributed by atoms with Gasteiger partial charge in [0.1, 0.15) is 5.82 Å². The topological polar surface area (TPSA) is 38.0 Å². The molecule has 0 atom stereocenters. The Bertz CT molecular complexity index is 581. The highest BCUT2D eigenvalue weighted by Gasteiger charge is 2.11. The third kappa shape index (κ3) is 2.40. The number of aliphatic hydroxyl groups is 1. The number of rotatable bonds is 3. The Balaban J connectivity index is 2.31. The van der Waals surface area contributed by atoms with Gasteiger partial charge in [0.05, 0.1) is 23.9 Å². The second-order valence-corrected chi connectivity index (χ2v) is 4.62. The van der Waals surface area contributed by atoms with Crippen molar-refractivity contribution in [2.24, 2.45) is 0 Å². The molecule has 18 heavy (non-hydrogen) atoms. The molecule has 0 spiro atoms. The van der Waals surface area contributed by atoms with Crippen LogP contribution in [0.1, 0.15) is 22.5 Å². The summed E-state index contributed by atoms with van der Waals surface area (Å²) < 4.78 is 15.1. The minimum absolute atomic E-state index is 0.0351. The summed E-state index contributed by atoms with van der Waals surface area (Å²) >= 11 is 5.64. The number of halogens is 2. The van der Waals surface area contributed by atoms with Crippen LogP contribution in [0.2, 0.25) is 5.02 Å². The number of aryl methyl sites for hydroxylation is 1. The second-order valence-electron chi connectivity index (χ2n) is 4.21. The summed E-state index contributed by atoms with van der Waals surface area (Å²) in [5, 5.41) is 13.7. The number of aliphatic hydroxyl groups excluding tert-OH is 1. The van der Waals surface area contributed by atoms with E-state index in [4.69, 9.17) is 11.6 Å². The molecule has 1 aromatic carbocycles. The first-order valence-corrected chi connectivity index (χ1v) is 5.98. The lowest BCUT2D eigenvalue weighted by molar-refractivity contribution is 0.280. The molecule has 0 aliphatic rings. The standard InChI is InChI=1S/C13H14ClFN2O/c1-8-11(7-18)9(2)17(16-8)6-10-3-4-12(14)13(15)5-10/h3-5,18H,6-7H2,1-2H3. The van der Waals surface area contributed by atoms with Crippen molar-refractivity contribution >= 4 is 11.6 Å². The van der Waals surface area contributed by atoms with Gasteiger partial charge >= 0.3 is 0 Å². The molecule has 1 N–H and O–H groups in total. The van der Waals surface area contributed by atoms with E-state index < -0.39 is 5.82 Å². The maximum atomic E-state index is 13.3. The smallest absolute Gasteiger partial charge is 0.142 e. The Hall–Kier alpha value is -1.39. The van der Waals surface area contributed by atoms with Gasteiger partial charge in [0.25, 0.3) is 0 Å². The van der Waals surface area contributed by atoms with Crippen LogP contribution in [-0.4, -0.2) is 14.9 Å². The van der Waals surface area contributed by atoms with Crippen molar-refractivity contribution in [2.75, 3.05) is 0 Å². The van der Waals surface area contributed by atoms with E-state index >= 15 is 0 Å². The molecule has 0 aliphatic heterocycles. The lowest BCUT2D eigenvalue weighted by atomic mass is 10.2. The average molecular weight is 269 g/mol. The zero-order valence-electron chi connectivity index (χ0n) is 10.2. The molecule has 0 saturated carbocycles. The predicted molar refractivity (Wildman–Crippen MR) is 68.1 cm³/mol. The van der Waals surface area contributed by atoms with E-state index in [1.807, 2.05) is 13.8 Å². The van der Waals surface area contributed by atoms with Gasteiger partial charge in [-0.05, 0) is 31.5 Å². The van der Waals surface area contributed by atoms with Crippen LogP contribution in [0.5, 0.6) is 0 Å². The van der Waals surface area contributed by atoms with Crippen molar-refractivity contribution in [3.05, 3.63) is 51.6 Å². The lowest BCUT2D eigenvalue weighted by Crippen LogP contribution is -2.04. The molecule has 0 radical (unpaired) electrons. The van der Waals surface area contributed by atoms with Crippen molar-refractivity contribution < 1.29 is 9.50 Å². The predicted octanol–water partition coefficient (Wildman–Crippen LogP) is 2.83. The molecule has 5 heteroatoms. The highest BCUT2D eigenvalue weighted by Crippen LogP contribution is 2.18. The van der Waals surface area contributed by atoms with E-state index in [0.717, 1.165) is 22.5 Å². The zero-order chi connectivity index (χ0) is 13.3. The fourth-order valence-electron chi connectivity index (χ4n) is 1.93. The van der Waals surface area contributed by atoms with Gasteiger partial charge in [0.2, 0.25) is 0 Å². The second kappa shape index (κ2) is 5.08. The molecule has 0 bridgehead atoms. The number of hydrogen-bond acceptors (Lipinski definition) is 2. The van der Waals surface area contributed by atoms with Gasteiger partial charge in [0, 0.05) is 11.3 Å². The van der Waals surface area contributed by atoms with E-state index in [1.54, 1.807) is 10.7 Å². The molecular weight excluding hydrogens is 255 g/mol. The first kappa shape index (κ1) is 13.1. The minimum atomic E-state index is -0.432. The molecule has 1 aromatic heterocycles. The van der Waals surface area contributed by atoms with Crippen LogP contribution in [0.15, 0.2) is 18.2 Å². The molecule has 3 nitrogen and oxygen atoms in total. The summed E-state index contributed by atoms with van der Waals surface area (Å²) in [6.45, 7) is 4.16. The van der Waals surface area contributed by atoms with E-state index in [2.05, 4.69) is 5.10 Å². The van der Waals surface area contributed by atoms with Gasteiger partial charge < -0.3 is 5.11 Å². The van der Waals surface area contributed by atoms with Gasteiger partial charge in [-0.25, -0.2) is 4.39 Å². The van der Waals surface area contributed by atoms with E-state index in [-0.39, 0.29) is 11.6 Å². The molecule has 0 amide bonds. The van der Waals surface area contributed by atoms with E-state index in [0.29, 0.717) is 6.54 Å². The summed E-state index contributed by atoms with van der Waals surface area (Å²) in [5.41, 5.74) is 3.30. The van der Waals surface area contributed by atoms with Gasteiger partial charge in [0.15, 0.2) is 0 Å². The Morgan fingerprint density at radius 3 is 2.67 bits per heavy atom. The third-order valence-corrected chi connectivity index (χ3v) is 3.31. The molecular formula is C13H14ClFN2O. The Morgan fingerprint density at radius 1 is 1.39 bits per heavy atom. The van der Waals surface area contributed by atoms with E-state index in [9.17, 15) is 9.50 Å². The van der Waals surface area contributed by atoms with Crippen LogP contribution in [0, 0.1) is 19.7 Å². The summed E-state index contributed by atoms with van der Waals surface area (Å²) in [4.78, 5) is 0. The number of aromatic nitrogens is 2. The third-order valence-electron chi connectivity index (χ3n) is 3.01. The highest BCUT2D eigenvalue weighted by atomic mass is 35.5. The highest BCUT2D eigenvalue weighted by molar-refractivity contribution is 6.30. The molecule has 2 rings (SSSR count). The van der Waals surface area contributed by atoms with Crippen LogP contribution in [-0.2, 0) is 13.2 Å². The van der Waals surface area contributed by atoms with Crippen molar-refractivity contribution in [3.8, 4) is 0 Å². The lowest BCUT2D eigenvalue weighted by Gasteiger charge is -2.06. The number of hydrogen-bond donors (Lipinski definition) is 1. The maximum Gasteiger partial charge on any atom is 0.142 e. The molecule has 0 saturated heterocycles. The SMILES string of the molecule is Cc1nn(Cc2ccc(Cl)c(F)c2)c(C)c1CO. The summed E-state index contributed by atoms with van der Waals surface area (Å²) in [6, 6.07) is 4.70. The quantitative estimate of drug-likeness (QED) is 0.930. The average Bonchev–Trinajstić information content (AvgIpc) is 2.59. The Kier molecular flexibility index (Phi) is 3.68. The van der Waals surface area contributed by atoms with Crippen molar-refractivity contribution in [1.29, 1.82) is 0 Å². The van der Waals surface area contributed by atoms with Crippen molar-refractivity contribution in [2.45, 2.75) is 27.0 Å². The van der Waals surface area contributed by atoms with Gasteiger partial charge in [-0.15, -0.1) is 0 Å². The largest absolute Gasteiger partial charge is 0.392 e. The van der Waals surface area contributed by atoms with Crippen LogP contribution in [0.25, 0.3) is 0 Å². The summed E-state index contributed by atoms with van der Waals surface area (Å²) in [7, 11) is 0. The fraction of sp³-hybridized carbons (Fsp3) is 0.308. The van der Waals surface area contributed by atoms with E-state index in [1.165, 1.54) is 12.1 Å².